The molecular weight excluding hydrogens is 364 g/mol. The minimum Gasteiger partial charge on any atom is -0.466 e. The third-order valence-corrected chi connectivity index (χ3v) is 5.34. The maximum Gasteiger partial charge on any atom is 0.309 e. The summed E-state index contributed by atoms with van der Waals surface area (Å²) in [4.78, 5) is 26.1. The number of ether oxygens (including phenoxy) is 1. The van der Waals surface area contributed by atoms with E-state index < -0.39 is 0 Å². The molecule has 0 saturated carbocycles. The van der Waals surface area contributed by atoms with Crippen LogP contribution >= 0.6 is 11.3 Å². The molecule has 27 heavy (non-hydrogen) atoms. The number of amides is 1. The van der Waals surface area contributed by atoms with Gasteiger partial charge in [-0.1, -0.05) is 23.5 Å². The standard InChI is InChI=1S/C19H24N4O3S/c1-3-26-18(25)14-7-9-23(10-8-14)17(24)12-16-21-22-19(27-16)20-15-6-4-5-13(2)11-15/h4-6,11,14H,3,7-10,12H2,1-2H3,(H,20,22). The first-order valence-electron chi connectivity index (χ1n) is 9.15. The molecule has 2 aromatic rings. The van der Waals surface area contributed by atoms with E-state index in [-0.39, 0.29) is 24.2 Å². The molecule has 1 fully saturated rings. The van der Waals surface area contributed by atoms with Crippen LogP contribution in [0.4, 0.5) is 10.8 Å². The number of hydrogen-bond donors (Lipinski definition) is 1. The molecule has 1 amide bonds. The van der Waals surface area contributed by atoms with Gasteiger partial charge in [0.1, 0.15) is 5.01 Å². The van der Waals surface area contributed by atoms with E-state index in [2.05, 4.69) is 15.5 Å². The van der Waals surface area contributed by atoms with Crippen LogP contribution in [-0.2, 0) is 20.7 Å². The van der Waals surface area contributed by atoms with Crippen LogP contribution in [0.15, 0.2) is 24.3 Å². The Balaban J connectivity index is 1.50. The van der Waals surface area contributed by atoms with Crippen LogP contribution in [0.25, 0.3) is 0 Å². The van der Waals surface area contributed by atoms with Gasteiger partial charge < -0.3 is 15.0 Å². The molecule has 1 N–H and O–H groups in total. The Labute approximate surface area is 162 Å². The van der Waals surface area contributed by atoms with E-state index in [9.17, 15) is 9.59 Å². The van der Waals surface area contributed by atoms with Gasteiger partial charge in [-0.2, -0.15) is 0 Å². The van der Waals surface area contributed by atoms with Crippen molar-refractivity contribution in [3.63, 3.8) is 0 Å². The quantitative estimate of drug-likeness (QED) is 0.766. The van der Waals surface area contributed by atoms with Gasteiger partial charge in [0.2, 0.25) is 11.0 Å². The fraction of sp³-hybridized carbons (Fsp3) is 0.474. The van der Waals surface area contributed by atoms with Gasteiger partial charge in [0.05, 0.1) is 18.9 Å². The summed E-state index contributed by atoms with van der Waals surface area (Å²) in [5.74, 6) is -0.225. The number of piperidine rings is 1. The zero-order valence-corrected chi connectivity index (χ0v) is 16.4. The molecule has 1 aromatic carbocycles. The molecule has 0 aliphatic carbocycles. The smallest absolute Gasteiger partial charge is 0.309 e. The van der Waals surface area contributed by atoms with E-state index in [1.165, 1.54) is 11.3 Å². The largest absolute Gasteiger partial charge is 0.466 e. The summed E-state index contributed by atoms with van der Waals surface area (Å²) >= 11 is 1.38. The van der Waals surface area contributed by atoms with Crippen LogP contribution in [-0.4, -0.2) is 46.7 Å². The van der Waals surface area contributed by atoms with Gasteiger partial charge in [-0.15, -0.1) is 10.2 Å². The molecule has 0 unspecified atom stereocenters. The van der Waals surface area contributed by atoms with Gasteiger partial charge in [0, 0.05) is 18.8 Å². The summed E-state index contributed by atoms with van der Waals surface area (Å²) < 4.78 is 5.07. The molecule has 8 heteroatoms. The van der Waals surface area contributed by atoms with Gasteiger partial charge in [0.15, 0.2) is 0 Å². The number of benzene rings is 1. The SMILES string of the molecule is CCOC(=O)C1CCN(C(=O)Cc2nnc(Nc3cccc(C)c3)s2)CC1. The number of nitrogens with zero attached hydrogens (tertiary/aromatic N) is 3. The number of hydrogen-bond acceptors (Lipinski definition) is 7. The van der Waals surface area contributed by atoms with Gasteiger partial charge >= 0.3 is 5.97 Å². The highest BCUT2D eigenvalue weighted by Gasteiger charge is 2.28. The van der Waals surface area contributed by atoms with Crippen molar-refractivity contribution in [2.75, 3.05) is 25.0 Å². The Morgan fingerprint density at radius 2 is 2.07 bits per heavy atom. The molecule has 0 bridgehead atoms. The maximum atomic E-state index is 12.5. The van der Waals surface area contributed by atoms with Crippen molar-refractivity contribution in [3.05, 3.63) is 34.8 Å². The first kappa shape index (κ1) is 19.3. The lowest BCUT2D eigenvalue weighted by Crippen LogP contribution is -2.41. The Bertz CT molecular complexity index is 800. The highest BCUT2D eigenvalue weighted by Crippen LogP contribution is 2.23. The number of esters is 1. The summed E-state index contributed by atoms with van der Waals surface area (Å²) in [5, 5.41) is 12.8. The second kappa shape index (κ2) is 8.94. The molecule has 1 aliphatic rings. The van der Waals surface area contributed by atoms with Crippen molar-refractivity contribution in [2.45, 2.75) is 33.1 Å². The second-order valence-corrected chi connectivity index (χ2v) is 7.64. The summed E-state index contributed by atoms with van der Waals surface area (Å²) in [6.07, 6.45) is 1.54. The lowest BCUT2D eigenvalue weighted by atomic mass is 9.97. The van der Waals surface area contributed by atoms with Crippen LogP contribution in [0.2, 0.25) is 0 Å². The first-order chi connectivity index (χ1) is 13.0. The molecule has 1 aliphatic heterocycles. The summed E-state index contributed by atoms with van der Waals surface area (Å²) in [5.41, 5.74) is 2.11. The van der Waals surface area contributed by atoms with Crippen LogP contribution in [0.1, 0.15) is 30.3 Å². The monoisotopic (exact) mass is 388 g/mol. The average Bonchev–Trinajstić information content (AvgIpc) is 3.09. The zero-order chi connectivity index (χ0) is 19.2. The number of likely N-dealkylation sites (tertiary alicyclic amines) is 1. The van der Waals surface area contributed by atoms with E-state index in [4.69, 9.17) is 4.74 Å². The number of nitrogens with one attached hydrogen (secondary N) is 1. The molecule has 3 rings (SSSR count). The summed E-state index contributed by atoms with van der Waals surface area (Å²) in [6.45, 7) is 5.39. The zero-order valence-electron chi connectivity index (χ0n) is 15.6. The molecule has 144 valence electrons. The van der Waals surface area contributed by atoms with Crippen LogP contribution < -0.4 is 5.32 Å². The van der Waals surface area contributed by atoms with Crippen molar-refractivity contribution in [2.24, 2.45) is 5.92 Å². The molecule has 2 heterocycles. The normalized spacial score (nSPS) is 14.8. The molecule has 0 atom stereocenters. The fourth-order valence-electron chi connectivity index (χ4n) is 3.09. The summed E-state index contributed by atoms with van der Waals surface area (Å²) in [6, 6.07) is 8.00. The minimum atomic E-state index is -0.152. The lowest BCUT2D eigenvalue weighted by molar-refractivity contribution is -0.151. The third-order valence-electron chi connectivity index (χ3n) is 4.51. The van der Waals surface area contributed by atoms with E-state index in [0.717, 1.165) is 11.3 Å². The van der Waals surface area contributed by atoms with Crippen LogP contribution in [0, 0.1) is 12.8 Å². The topological polar surface area (TPSA) is 84.4 Å². The fourth-order valence-corrected chi connectivity index (χ4v) is 3.84. The molecule has 0 radical (unpaired) electrons. The van der Waals surface area contributed by atoms with Gasteiger partial charge in [-0.25, -0.2) is 0 Å². The van der Waals surface area contributed by atoms with Crippen LogP contribution in [0.3, 0.4) is 0 Å². The summed E-state index contributed by atoms with van der Waals surface area (Å²) in [7, 11) is 0. The highest BCUT2D eigenvalue weighted by atomic mass is 32.1. The Hall–Kier alpha value is -2.48. The van der Waals surface area contributed by atoms with E-state index in [1.54, 1.807) is 11.8 Å². The van der Waals surface area contributed by atoms with E-state index >= 15 is 0 Å². The van der Waals surface area contributed by atoms with Crippen molar-refractivity contribution in [1.29, 1.82) is 0 Å². The van der Waals surface area contributed by atoms with Crippen molar-refractivity contribution in [3.8, 4) is 0 Å². The number of carbonyl (C=O) groups is 2. The van der Waals surface area contributed by atoms with Crippen molar-refractivity contribution >= 4 is 34.0 Å². The van der Waals surface area contributed by atoms with Gasteiger partial charge in [0.25, 0.3) is 0 Å². The minimum absolute atomic E-state index is 0.0237. The van der Waals surface area contributed by atoms with E-state index in [0.29, 0.717) is 42.7 Å². The number of anilines is 2. The maximum absolute atomic E-state index is 12.5. The van der Waals surface area contributed by atoms with Crippen molar-refractivity contribution < 1.29 is 14.3 Å². The third kappa shape index (κ3) is 5.26. The number of aryl methyl sites for hydroxylation is 1. The van der Waals surface area contributed by atoms with Gasteiger partial charge in [-0.05, 0) is 44.4 Å². The van der Waals surface area contributed by atoms with E-state index in [1.807, 2.05) is 31.2 Å². The molecule has 1 saturated heterocycles. The molecule has 0 spiro atoms. The predicted octanol–water partition coefficient (Wildman–Crippen LogP) is 2.93. The second-order valence-electron chi connectivity index (χ2n) is 6.58. The number of rotatable bonds is 6. The molecule has 7 nitrogen and oxygen atoms in total. The van der Waals surface area contributed by atoms with Gasteiger partial charge in [-0.3, -0.25) is 9.59 Å². The number of aromatic nitrogens is 2. The molecule has 1 aromatic heterocycles. The molecular formula is C19H24N4O3S. The number of carbonyl (C=O) groups excluding carboxylic acids is 2. The highest BCUT2D eigenvalue weighted by molar-refractivity contribution is 7.15. The Kier molecular flexibility index (Phi) is 6.39. The van der Waals surface area contributed by atoms with Crippen LogP contribution in [0.5, 0.6) is 0 Å². The Morgan fingerprint density at radius 1 is 1.30 bits per heavy atom. The van der Waals surface area contributed by atoms with Crippen molar-refractivity contribution in [1.82, 2.24) is 15.1 Å². The Morgan fingerprint density at radius 3 is 2.78 bits per heavy atom. The first-order valence-corrected chi connectivity index (χ1v) is 9.97. The average molecular weight is 388 g/mol. The lowest BCUT2D eigenvalue weighted by Gasteiger charge is -2.30. The predicted molar refractivity (Wildman–Crippen MR) is 104 cm³/mol.